The smallest absolute Gasteiger partial charge is 0.227 e. The zero-order valence-electron chi connectivity index (χ0n) is 15.2. The molecular formula is C20H19BrN4O2S. The molecule has 6 nitrogen and oxygen atoms in total. The number of benzene rings is 1. The number of anilines is 2. The van der Waals surface area contributed by atoms with Gasteiger partial charge < -0.3 is 14.8 Å². The molecule has 0 atom stereocenters. The zero-order chi connectivity index (χ0) is 18.9. The number of rotatable bonds is 4. The SMILES string of the molecule is Brc1ccc(CN2CCc3nc(Nc4ccc5c(c4)OCCO5)ncc3C2)s1. The number of ether oxygens (including phenoxy) is 2. The summed E-state index contributed by atoms with van der Waals surface area (Å²) in [6.45, 7) is 4.02. The summed E-state index contributed by atoms with van der Waals surface area (Å²) < 4.78 is 12.4. The Bertz CT molecular complexity index is 1010. The van der Waals surface area contributed by atoms with Crippen molar-refractivity contribution in [3.8, 4) is 11.5 Å². The van der Waals surface area contributed by atoms with E-state index in [4.69, 9.17) is 14.5 Å². The largest absolute Gasteiger partial charge is 0.486 e. The second-order valence-electron chi connectivity index (χ2n) is 6.82. The van der Waals surface area contributed by atoms with E-state index in [2.05, 4.69) is 43.3 Å². The Labute approximate surface area is 175 Å². The summed E-state index contributed by atoms with van der Waals surface area (Å²) in [6, 6.07) is 10.1. The van der Waals surface area contributed by atoms with Crippen LogP contribution in [-0.4, -0.2) is 34.6 Å². The molecule has 3 aromatic rings. The van der Waals surface area contributed by atoms with Gasteiger partial charge in [0.25, 0.3) is 0 Å². The van der Waals surface area contributed by atoms with Crippen molar-refractivity contribution in [1.82, 2.24) is 14.9 Å². The van der Waals surface area contributed by atoms with E-state index in [1.165, 1.54) is 14.2 Å². The first-order valence-electron chi connectivity index (χ1n) is 9.21. The molecule has 0 amide bonds. The maximum Gasteiger partial charge on any atom is 0.227 e. The maximum atomic E-state index is 5.64. The van der Waals surface area contributed by atoms with Crippen molar-refractivity contribution in [3.63, 3.8) is 0 Å². The van der Waals surface area contributed by atoms with Gasteiger partial charge in [-0.3, -0.25) is 4.90 Å². The van der Waals surface area contributed by atoms with Crippen LogP contribution in [0.3, 0.4) is 0 Å². The summed E-state index contributed by atoms with van der Waals surface area (Å²) in [5.41, 5.74) is 3.22. The van der Waals surface area contributed by atoms with Crippen LogP contribution < -0.4 is 14.8 Å². The van der Waals surface area contributed by atoms with Crippen molar-refractivity contribution in [1.29, 1.82) is 0 Å². The Balaban J connectivity index is 1.28. The molecule has 0 fully saturated rings. The number of fused-ring (bicyclic) bond motifs is 2. The lowest BCUT2D eigenvalue weighted by Gasteiger charge is -2.27. The van der Waals surface area contributed by atoms with Gasteiger partial charge in [0.2, 0.25) is 5.95 Å². The second-order valence-corrected chi connectivity index (χ2v) is 9.36. The summed E-state index contributed by atoms with van der Waals surface area (Å²) in [4.78, 5) is 13.1. The normalized spacial score (nSPS) is 15.9. The highest BCUT2D eigenvalue weighted by atomic mass is 79.9. The molecule has 1 aromatic carbocycles. The van der Waals surface area contributed by atoms with E-state index in [0.717, 1.165) is 48.9 Å². The van der Waals surface area contributed by atoms with Crippen LogP contribution in [0.15, 0.2) is 40.3 Å². The fourth-order valence-electron chi connectivity index (χ4n) is 3.48. The van der Waals surface area contributed by atoms with E-state index in [1.54, 1.807) is 11.3 Å². The van der Waals surface area contributed by atoms with Crippen LogP contribution in [0.1, 0.15) is 16.1 Å². The molecule has 0 saturated carbocycles. The van der Waals surface area contributed by atoms with Crippen LogP contribution in [0.5, 0.6) is 11.5 Å². The number of nitrogens with one attached hydrogen (secondary N) is 1. The van der Waals surface area contributed by atoms with E-state index < -0.39 is 0 Å². The van der Waals surface area contributed by atoms with E-state index in [1.807, 2.05) is 24.4 Å². The molecule has 0 bridgehead atoms. The maximum absolute atomic E-state index is 5.64. The highest BCUT2D eigenvalue weighted by Gasteiger charge is 2.19. The van der Waals surface area contributed by atoms with Crippen molar-refractivity contribution >= 4 is 38.9 Å². The number of thiophene rings is 1. The third-order valence-corrected chi connectivity index (χ3v) is 6.43. The fraction of sp³-hybridized carbons (Fsp3) is 0.300. The third-order valence-electron chi connectivity index (χ3n) is 4.82. The third kappa shape index (κ3) is 3.85. The van der Waals surface area contributed by atoms with E-state index >= 15 is 0 Å². The molecule has 28 heavy (non-hydrogen) atoms. The first-order valence-corrected chi connectivity index (χ1v) is 10.8. The minimum atomic E-state index is 0.574. The van der Waals surface area contributed by atoms with E-state index in [0.29, 0.717) is 19.2 Å². The van der Waals surface area contributed by atoms with Crippen molar-refractivity contribution in [2.24, 2.45) is 0 Å². The molecular weight excluding hydrogens is 440 g/mol. The molecule has 4 heterocycles. The van der Waals surface area contributed by atoms with Gasteiger partial charge in [-0.05, 0) is 40.2 Å². The van der Waals surface area contributed by atoms with Gasteiger partial charge in [0.05, 0.1) is 9.48 Å². The van der Waals surface area contributed by atoms with Gasteiger partial charge in [0.15, 0.2) is 11.5 Å². The average Bonchev–Trinajstić information content (AvgIpc) is 3.12. The van der Waals surface area contributed by atoms with Crippen molar-refractivity contribution in [2.45, 2.75) is 19.5 Å². The fourth-order valence-corrected chi connectivity index (χ4v) is 5.00. The second kappa shape index (κ2) is 7.69. The average molecular weight is 459 g/mol. The summed E-state index contributed by atoms with van der Waals surface area (Å²) in [7, 11) is 0. The van der Waals surface area contributed by atoms with Crippen LogP contribution in [0, 0.1) is 0 Å². The predicted molar refractivity (Wildman–Crippen MR) is 113 cm³/mol. The van der Waals surface area contributed by atoms with Crippen molar-refractivity contribution < 1.29 is 9.47 Å². The Morgan fingerprint density at radius 1 is 1.14 bits per heavy atom. The Morgan fingerprint density at radius 2 is 2.04 bits per heavy atom. The van der Waals surface area contributed by atoms with Gasteiger partial charge in [-0.2, -0.15) is 0 Å². The first-order chi connectivity index (χ1) is 13.7. The molecule has 0 unspecified atom stereocenters. The predicted octanol–water partition coefficient (Wildman–Crippen LogP) is 4.37. The van der Waals surface area contributed by atoms with Gasteiger partial charge >= 0.3 is 0 Å². The van der Waals surface area contributed by atoms with Gasteiger partial charge in [-0.25, -0.2) is 9.97 Å². The first kappa shape index (κ1) is 17.9. The molecule has 5 rings (SSSR count). The molecule has 2 aliphatic rings. The van der Waals surface area contributed by atoms with E-state index in [9.17, 15) is 0 Å². The number of hydrogen-bond acceptors (Lipinski definition) is 7. The molecule has 0 radical (unpaired) electrons. The molecule has 0 aliphatic carbocycles. The van der Waals surface area contributed by atoms with Crippen LogP contribution >= 0.6 is 27.3 Å². The topological polar surface area (TPSA) is 59.5 Å². The summed E-state index contributed by atoms with van der Waals surface area (Å²) >= 11 is 5.33. The number of nitrogens with zero attached hydrogens (tertiary/aromatic N) is 3. The minimum absolute atomic E-state index is 0.574. The Kier molecular flexibility index (Phi) is 4.92. The highest BCUT2D eigenvalue weighted by Crippen LogP contribution is 2.33. The standard InChI is InChI=1S/C20H19BrN4O2S/c21-19-4-2-15(28-19)12-25-6-5-16-13(11-25)10-22-20(24-16)23-14-1-3-17-18(9-14)27-8-7-26-17/h1-4,9-10H,5-8,11-12H2,(H,22,23,24). The van der Waals surface area contributed by atoms with Crippen LogP contribution in [0.25, 0.3) is 0 Å². The molecule has 144 valence electrons. The number of aromatic nitrogens is 2. The van der Waals surface area contributed by atoms with E-state index in [-0.39, 0.29) is 0 Å². The van der Waals surface area contributed by atoms with Crippen molar-refractivity contribution in [2.75, 3.05) is 25.1 Å². The van der Waals surface area contributed by atoms with Crippen LogP contribution in [0.2, 0.25) is 0 Å². The van der Waals surface area contributed by atoms with Gasteiger partial charge in [0, 0.05) is 54.4 Å². The molecule has 2 aliphatic heterocycles. The summed E-state index contributed by atoms with van der Waals surface area (Å²) in [6.07, 6.45) is 2.87. The van der Waals surface area contributed by atoms with Gasteiger partial charge in [-0.15, -0.1) is 11.3 Å². The highest BCUT2D eigenvalue weighted by molar-refractivity contribution is 9.11. The molecule has 1 N–H and O–H groups in total. The van der Waals surface area contributed by atoms with Gasteiger partial charge in [0.1, 0.15) is 13.2 Å². The van der Waals surface area contributed by atoms with Crippen LogP contribution in [-0.2, 0) is 19.5 Å². The summed E-state index contributed by atoms with van der Waals surface area (Å²) in [5, 5.41) is 3.28. The lowest BCUT2D eigenvalue weighted by Crippen LogP contribution is -2.30. The van der Waals surface area contributed by atoms with Crippen molar-refractivity contribution in [3.05, 3.63) is 56.4 Å². The monoisotopic (exact) mass is 458 g/mol. The Hall–Kier alpha value is -2.16. The summed E-state index contributed by atoms with van der Waals surface area (Å²) in [5.74, 6) is 2.15. The molecule has 0 spiro atoms. The van der Waals surface area contributed by atoms with Gasteiger partial charge in [-0.1, -0.05) is 0 Å². The lowest BCUT2D eigenvalue weighted by atomic mass is 10.1. The zero-order valence-corrected chi connectivity index (χ0v) is 17.6. The number of hydrogen-bond donors (Lipinski definition) is 1. The number of halogens is 1. The molecule has 8 heteroatoms. The molecule has 2 aromatic heterocycles. The Morgan fingerprint density at radius 3 is 2.89 bits per heavy atom. The minimum Gasteiger partial charge on any atom is -0.486 e. The van der Waals surface area contributed by atoms with Crippen LogP contribution in [0.4, 0.5) is 11.6 Å². The molecule has 0 saturated heterocycles. The quantitative estimate of drug-likeness (QED) is 0.625. The lowest BCUT2D eigenvalue weighted by molar-refractivity contribution is 0.171.